The smallest absolute Gasteiger partial charge is 0.399 e. The van der Waals surface area contributed by atoms with Gasteiger partial charge in [-0.3, -0.25) is 0 Å². The third-order valence-electron chi connectivity index (χ3n) is 13.7. The number of benzene rings is 10. The lowest BCUT2D eigenvalue weighted by molar-refractivity contribution is 0.00578. The summed E-state index contributed by atoms with van der Waals surface area (Å²) in [7, 11) is -0.331. The van der Waals surface area contributed by atoms with Crippen LogP contribution in [0.1, 0.15) is 27.7 Å². The summed E-state index contributed by atoms with van der Waals surface area (Å²) >= 11 is 13.0. The van der Waals surface area contributed by atoms with Crippen LogP contribution in [0.5, 0.6) is 0 Å². The third-order valence-corrected chi connectivity index (χ3v) is 17.9. The Morgan fingerprint density at radius 3 is 1.31 bits per heavy atom. The van der Waals surface area contributed by atoms with Crippen LogP contribution in [0, 0.1) is 3.57 Å². The fraction of sp³-hybridized carbons (Fsp3) is 0.0968. The molecule has 0 unspecified atom stereocenters. The van der Waals surface area contributed by atoms with E-state index in [2.05, 4.69) is 288 Å². The van der Waals surface area contributed by atoms with Gasteiger partial charge in [0.2, 0.25) is 0 Å². The first-order chi connectivity index (χ1) is 33.9. The summed E-state index contributed by atoms with van der Waals surface area (Å²) in [4.78, 5) is 0. The van der Waals surface area contributed by atoms with E-state index < -0.39 is 0 Å². The predicted octanol–water partition coefficient (Wildman–Crippen LogP) is 19.5. The van der Waals surface area contributed by atoms with E-state index in [0.29, 0.717) is 0 Å². The van der Waals surface area contributed by atoms with Gasteiger partial charge in [0, 0.05) is 58.3 Å². The Balaban J connectivity index is 0.000000122. The van der Waals surface area contributed by atoms with Crippen LogP contribution in [0.2, 0.25) is 0 Å². The molecule has 2 nitrogen and oxygen atoms in total. The Hall–Kier alpha value is -5.17. The molecular weight excluding hydrogens is 1140 g/mol. The Labute approximate surface area is 447 Å². The third kappa shape index (κ3) is 9.17. The van der Waals surface area contributed by atoms with E-state index in [1.807, 2.05) is 22.7 Å². The monoisotopic (exact) mass is 1180 g/mol. The van der Waals surface area contributed by atoms with Crippen molar-refractivity contribution in [2.24, 2.45) is 0 Å². The number of hydrogen-bond donors (Lipinski definition) is 0. The van der Waals surface area contributed by atoms with Crippen molar-refractivity contribution in [2.45, 2.75) is 38.9 Å². The number of thiophene rings is 2. The average Bonchev–Trinajstić information content (AvgIpc) is 4.03. The van der Waals surface area contributed by atoms with Gasteiger partial charge in [0.05, 0.1) is 11.2 Å². The van der Waals surface area contributed by atoms with E-state index in [0.717, 1.165) is 14.4 Å². The standard InChI is InChI=1S/C28H17BrS.C22H21BO2S.C12H8BrI/c29-22-15-12-19(13-16-22)18-8-10-21(11-9-18)24-6-3-7-25-27-23-5-2-1-4-20(23)14-17-26(27)30-28(24)25;1-21(2)22(3,4)25-23(24-21)17-11-7-10-16-19-15-9-6-5-8-14(15)12-13-18(19)26-20(16)17;13-11-5-1-9(2-6-11)10-3-7-12(14)8-4-10/h1-17H;5-13H,1-4H3;1-8H. The number of rotatable bonds is 4. The molecule has 10 aromatic carbocycles. The van der Waals surface area contributed by atoms with Crippen molar-refractivity contribution in [1.29, 1.82) is 0 Å². The average molecular weight is 1180 g/mol. The van der Waals surface area contributed by atoms with Gasteiger partial charge < -0.3 is 9.31 Å². The van der Waals surface area contributed by atoms with E-state index in [1.165, 1.54) is 98.8 Å². The molecule has 1 fully saturated rings. The highest BCUT2D eigenvalue weighted by molar-refractivity contribution is 14.1. The van der Waals surface area contributed by atoms with Crippen LogP contribution in [0.15, 0.2) is 215 Å². The van der Waals surface area contributed by atoms with Gasteiger partial charge in [-0.05, 0) is 154 Å². The summed E-state index contributed by atoms with van der Waals surface area (Å²) in [5.74, 6) is 0. The van der Waals surface area contributed by atoms with Crippen LogP contribution in [-0.4, -0.2) is 18.3 Å². The normalized spacial score (nSPS) is 14.0. The molecule has 1 aliphatic heterocycles. The first-order valence-electron chi connectivity index (χ1n) is 23.3. The van der Waals surface area contributed by atoms with Crippen molar-refractivity contribution in [2.75, 3.05) is 0 Å². The van der Waals surface area contributed by atoms with Crippen LogP contribution in [0.4, 0.5) is 0 Å². The Bertz CT molecular complexity index is 3800. The zero-order valence-electron chi connectivity index (χ0n) is 39.0. The molecule has 2 aromatic heterocycles. The van der Waals surface area contributed by atoms with Gasteiger partial charge in [0.25, 0.3) is 0 Å². The predicted molar refractivity (Wildman–Crippen MR) is 320 cm³/mol. The highest BCUT2D eigenvalue weighted by atomic mass is 127. The number of hydrogen-bond acceptors (Lipinski definition) is 4. The van der Waals surface area contributed by atoms with Gasteiger partial charge in [-0.15, -0.1) is 22.7 Å². The lowest BCUT2D eigenvalue weighted by Crippen LogP contribution is -2.41. The highest BCUT2D eigenvalue weighted by Crippen LogP contribution is 2.44. The largest absolute Gasteiger partial charge is 0.496 e. The molecule has 0 saturated carbocycles. The first kappa shape index (κ1) is 47.2. The number of halogens is 3. The Kier molecular flexibility index (Phi) is 13.1. The summed E-state index contributed by atoms with van der Waals surface area (Å²) in [5, 5.41) is 10.6. The van der Waals surface area contributed by atoms with Gasteiger partial charge in [0.1, 0.15) is 0 Å². The molecule has 0 bridgehead atoms. The second kappa shape index (κ2) is 19.4. The summed E-state index contributed by atoms with van der Waals surface area (Å²) in [6, 6.07) is 73.7. The van der Waals surface area contributed by atoms with Gasteiger partial charge in [0.15, 0.2) is 0 Å². The topological polar surface area (TPSA) is 18.5 Å². The molecule has 0 atom stereocenters. The van der Waals surface area contributed by atoms with Gasteiger partial charge in [-0.1, -0.05) is 190 Å². The van der Waals surface area contributed by atoms with Crippen molar-refractivity contribution in [3.63, 3.8) is 0 Å². The van der Waals surface area contributed by atoms with Gasteiger partial charge >= 0.3 is 7.12 Å². The van der Waals surface area contributed by atoms with Crippen molar-refractivity contribution >= 4 is 152 Å². The minimum Gasteiger partial charge on any atom is -0.399 e. The molecule has 3 heterocycles. The molecule has 13 rings (SSSR count). The second-order valence-electron chi connectivity index (χ2n) is 18.6. The van der Waals surface area contributed by atoms with E-state index in [4.69, 9.17) is 9.31 Å². The van der Waals surface area contributed by atoms with E-state index in [9.17, 15) is 0 Å². The Morgan fingerprint density at radius 1 is 0.400 bits per heavy atom. The molecule has 0 amide bonds. The second-order valence-corrected chi connectivity index (χ2v) is 23.8. The molecule has 0 aliphatic carbocycles. The zero-order valence-corrected chi connectivity index (χ0v) is 45.9. The molecule has 1 aliphatic rings. The molecule has 12 aromatic rings. The van der Waals surface area contributed by atoms with E-state index in [-0.39, 0.29) is 18.3 Å². The van der Waals surface area contributed by atoms with E-state index in [1.54, 1.807) is 0 Å². The Morgan fingerprint density at radius 2 is 0.800 bits per heavy atom. The lowest BCUT2D eigenvalue weighted by atomic mass is 9.78. The van der Waals surface area contributed by atoms with Gasteiger partial charge in [-0.2, -0.15) is 0 Å². The molecular formula is C62H46BBr2IO2S2. The van der Waals surface area contributed by atoms with Crippen molar-refractivity contribution < 1.29 is 9.31 Å². The van der Waals surface area contributed by atoms with Crippen LogP contribution >= 0.6 is 77.1 Å². The molecule has 70 heavy (non-hydrogen) atoms. The summed E-state index contributed by atoms with van der Waals surface area (Å²) in [6.45, 7) is 8.41. The molecule has 8 heteroatoms. The molecule has 0 spiro atoms. The summed E-state index contributed by atoms with van der Waals surface area (Å²) in [6.07, 6.45) is 0. The molecule has 0 N–H and O–H groups in total. The quantitative estimate of drug-likeness (QED) is 0.129. The number of fused-ring (bicyclic) bond motifs is 10. The van der Waals surface area contributed by atoms with Crippen LogP contribution < -0.4 is 5.46 Å². The SMILES string of the molecule is Brc1ccc(-c2ccc(-c3cccc4c3sc3ccc5ccccc5c34)cc2)cc1.Brc1ccc(-c2ccc(I)cc2)cc1.CC1(C)OB(c2cccc3c2sc2ccc4ccccc4c23)OC1(C)C. The highest BCUT2D eigenvalue weighted by Gasteiger charge is 2.52. The maximum Gasteiger partial charge on any atom is 0.496 e. The van der Waals surface area contributed by atoms with Crippen LogP contribution in [0.3, 0.4) is 0 Å². The molecule has 0 radical (unpaired) electrons. The summed E-state index contributed by atoms with van der Waals surface area (Å²) < 4.78 is 21.4. The van der Waals surface area contributed by atoms with Crippen LogP contribution in [-0.2, 0) is 9.31 Å². The summed E-state index contributed by atoms with van der Waals surface area (Å²) in [5.41, 5.74) is 8.02. The van der Waals surface area contributed by atoms with Crippen molar-refractivity contribution in [3.8, 4) is 33.4 Å². The van der Waals surface area contributed by atoms with E-state index >= 15 is 0 Å². The minimum absolute atomic E-state index is 0.330. The van der Waals surface area contributed by atoms with Gasteiger partial charge in [-0.25, -0.2) is 0 Å². The molecule has 1 saturated heterocycles. The fourth-order valence-corrected chi connectivity index (χ4v) is 12.7. The lowest BCUT2D eigenvalue weighted by Gasteiger charge is -2.32. The van der Waals surface area contributed by atoms with Crippen molar-refractivity contribution in [1.82, 2.24) is 0 Å². The fourth-order valence-electron chi connectivity index (χ4n) is 9.31. The zero-order chi connectivity index (χ0) is 48.1. The molecule has 342 valence electrons. The minimum atomic E-state index is -0.331. The van der Waals surface area contributed by atoms with Crippen molar-refractivity contribution in [3.05, 3.63) is 219 Å². The first-order valence-corrected chi connectivity index (χ1v) is 27.6. The maximum absolute atomic E-state index is 6.33. The maximum atomic E-state index is 6.33. The van der Waals surface area contributed by atoms with Crippen LogP contribution in [0.25, 0.3) is 95.3 Å².